The van der Waals surface area contributed by atoms with Gasteiger partial charge in [0.2, 0.25) is 11.9 Å². The molecule has 0 aliphatic carbocycles. The number of hydrogen-bond acceptors (Lipinski definition) is 3. The Labute approximate surface area is 89.8 Å². The van der Waals surface area contributed by atoms with Crippen LogP contribution in [0.15, 0.2) is 30.5 Å². The molecule has 0 aliphatic rings. The summed E-state index contributed by atoms with van der Waals surface area (Å²) in [6.45, 7) is 0. The maximum absolute atomic E-state index is 13.3. The van der Waals surface area contributed by atoms with E-state index < -0.39 is 11.9 Å². The highest BCUT2D eigenvalue weighted by Gasteiger charge is 2.12. The molecule has 5 heteroatoms. The van der Waals surface area contributed by atoms with Crippen molar-refractivity contribution in [2.45, 2.75) is 0 Å². The predicted octanol–water partition coefficient (Wildman–Crippen LogP) is 2.23. The highest BCUT2D eigenvalue weighted by molar-refractivity contribution is 5.85. The lowest BCUT2D eigenvalue weighted by molar-refractivity contribution is 0.112. The lowest BCUT2D eigenvalue weighted by Gasteiger charge is -2.04. The highest BCUT2D eigenvalue weighted by atomic mass is 19.1. The lowest BCUT2D eigenvalue weighted by Crippen LogP contribution is -1.97. The monoisotopic (exact) mass is 220 g/mol. The van der Waals surface area contributed by atoms with Crippen molar-refractivity contribution >= 4 is 6.29 Å². The van der Waals surface area contributed by atoms with Gasteiger partial charge >= 0.3 is 0 Å². The second-order valence-corrected chi connectivity index (χ2v) is 3.03. The average molecular weight is 220 g/mol. The van der Waals surface area contributed by atoms with Crippen molar-refractivity contribution in [3.8, 4) is 11.3 Å². The fourth-order valence-corrected chi connectivity index (χ4v) is 1.32. The van der Waals surface area contributed by atoms with Crippen molar-refractivity contribution < 1.29 is 13.6 Å². The summed E-state index contributed by atoms with van der Waals surface area (Å²) in [5.74, 6) is -1.56. The molecule has 2 aromatic heterocycles. The van der Waals surface area contributed by atoms with E-state index in [9.17, 15) is 13.6 Å². The third kappa shape index (κ3) is 1.79. The summed E-state index contributed by atoms with van der Waals surface area (Å²) in [5.41, 5.74) is 0.0815. The number of pyridine rings is 2. The third-order valence-electron chi connectivity index (χ3n) is 2.03. The molecule has 16 heavy (non-hydrogen) atoms. The minimum Gasteiger partial charge on any atom is -0.298 e. The molecule has 2 heterocycles. The second-order valence-electron chi connectivity index (χ2n) is 3.03. The molecule has 0 atom stereocenters. The van der Waals surface area contributed by atoms with E-state index in [2.05, 4.69) is 9.97 Å². The number of aromatic nitrogens is 2. The molecule has 0 aromatic carbocycles. The first kappa shape index (κ1) is 10.4. The van der Waals surface area contributed by atoms with Crippen LogP contribution in [-0.2, 0) is 0 Å². The molecule has 0 radical (unpaired) electrons. The average Bonchev–Trinajstić information content (AvgIpc) is 2.29. The van der Waals surface area contributed by atoms with Gasteiger partial charge in [-0.2, -0.15) is 8.78 Å². The molecule has 3 nitrogen and oxygen atoms in total. The van der Waals surface area contributed by atoms with Crippen LogP contribution >= 0.6 is 0 Å². The summed E-state index contributed by atoms with van der Waals surface area (Å²) in [5, 5.41) is 0. The third-order valence-corrected chi connectivity index (χ3v) is 2.03. The van der Waals surface area contributed by atoms with Crippen LogP contribution in [0.3, 0.4) is 0 Å². The molecule has 0 unspecified atom stereocenters. The Balaban J connectivity index is 2.67. The van der Waals surface area contributed by atoms with Crippen LogP contribution < -0.4 is 0 Å². The van der Waals surface area contributed by atoms with Gasteiger partial charge in [0.15, 0.2) is 6.29 Å². The molecule has 0 N–H and O–H groups in total. The molecule has 80 valence electrons. The van der Waals surface area contributed by atoms with E-state index in [1.807, 2.05) is 0 Å². The van der Waals surface area contributed by atoms with Gasteiger partial charge in [-0.05, 0) is 24.3 Å². The second kappa shape index (κ2) is 4.14. The van der Waals surface area contributed by atoms with E-state index in [1.54, 1.807) is 0 Å². The highest BCUT2D eigenvalue weighted by Crippen LogP contribution is 2.22. The molecule has 0 fully saturated rings. The topological polar surface area (TPSA) is 42.9 Å². The number of aldehydes is 1. The zero-order chi connectivity index (χ0) is 11.5. The number of rotatable bonds is 2. The molecule has 0 bridgehead atoms. The first-order valence-corrected chi connectivity index (χ1v) is 4.45. The summed E-state index contributed by atoms with van der Waals surface area (Å²) in [6.07, 6.45) is 1.76. The number of hydrogen-bond donors (Lipinski definition) is 0. The van der Waals surface area contributed by atoms with E-state index in [0.29, 0.717) is 6.29 Å². The Kier molecular flexibility index (Phi) is 2.68. The zero-order valence-corrected chi connectivity index (χ0v) is 8.02. The summed E-state index contributed by atoms with van der Waals surface area (Å²) in [7, 11) is 0. The van der Waals surface area contributed by atoms with Gasteiger partial charge < -0.3 is 0 Å². The molecule has 0 amide bonds. The lowest BCUT2D eigenvalue weighted by atomic mass is 10.1. The van der Waals surface area contributed by atoms with Crippen LogP contribution in [-0.4, -0.2) is 16.3 Å². The molecule has 0 spiro atoms. The zero-order valence-electron chi connectivity index (χ0n) is 8.02. The maximum atomic E-state index is 13.3. The van der Waals surface area contributed by atoms with Crippen LogP contribution in [0.1, 0.15) is 10.4 Å². The van der Waals surface area contributed by atoms with Crippen molar-refractivity contribution in [3.63, 3.8) is 0 Å². The molecule has 0 aliphatic heterocycles. The summed E-state index contributed by atoms with van der Waals surface area (Å²) in [4.78, 5) is 17.6. The number of carbonyl (C=O) groups excluding carboxylic acids is 1. The van der Waals surface area contributed by atoms with Gasteiger partial charge in [0.05, 0.1) is 11.3 Å². The standard InChI is InChI=1S/C11H6F2N2O/c12-9-4-3-7(6-16)10(15-9)8-2-1-5-14-11(8)13/h1-6H. The Morgan fingerprint density at radius 1 is 1.19 bits per heavy atom. The summed E-state index contributed by atoms with van der Waals surface area (Å²) < 4.78 is 26.3. The number of halogens is 2. The van der Waals surface area contributed by atoms with E-state index in [1.165, 1.54) is 24.4 Å². The Hall–Kier alpha value is -2.17. The van der Waals surface area contributed by atoms with E-state index in [0.717, 1.165) is 6.07 Å². The Morgan fingerprint density at radius 2 is 2.00 bits per heavy atom. The smallest absolute Gasteiger partial charge is 0.222 e. The minimum atomic E-state index is -0.788. The van der Waals surface area contributed by atoms with E-state index in [-0.39, 0.29) is 16.8 Å². The SMILES string of the molecule is O=Cc1ccc(F)nc1-c1cccnc1F. The van der Waals surface area contributed by atoms with Crippen molar-refractivity contribution in [2.24, 2.45) is 0 Å². The van der Waals surface area contributed by atoms with Gasteiger partial charge in [-0.15, -0.1) is 0 Å². The van der Waals surface area contributed by atoms with Crippen molar-refractivity contribution in [1.29, 1.82) is 0 Å². The van der Waals surface area contributed by atoms with Crippen LogP contribution in [0.4, 0.5) is 8.78 Å². The van der Waals surface area contributed by atoms with Crippen molar-refractivity contribution in [3.05, 3.63) is 47.9 Å². The quantitative estimate of drug-likeness (QED) is 0.575. The summed E-state index contributed by atoms with van der Waals surface area (Å²) >= 11 is 0. The van der Waals surface area contributed by atoms with Crippen LogP contribution in [0, 0.1) is 11.9 Å². The van der Waals surface area contributed by atoms with Gasteiger partial charge in [0, 0.05) is 11.8 Å². The van der Waals surface area contributed by atoms with Gasteiger partial charge in [-0.3, -0.25) is 4.79 Å². The van der Waals surface area contributed by atoms with Crippen LogP contribution in [0.25, 0.3) is 11.3 Å². The fourth-order valence-electron chi connectivity index (χ4n) is 1.32. The van der Waals surface area contributed by atoms with Crippen LogP contribution in [0.5, 0.6) is 0 Å². The molecular weight excluding hydrogens is 214 g/mol. The normalized spacial score (nSPS) is 10.1. The fraction of sp³-hybridized carbons (Fsp3) is 0. The van der Waals surface area contributed by atoms with E-state index in [4.69, 9.17) is 0 Å². The maximum Gasteiger partial charge on any atom is 0.222 e. The molecule has 0 saturated heterocycles. The summed E-state index contributed by atoms with van der Waals surface area (Å²) in [6, 6.07) is 5.16. The van der Waals surface area contributed by atoms with Gasteiger partial charge in [0.1, 0.15) is 0 Å². The Bertz CT molecular complexity index is 543. The first-order valence-electron chi connectivity index (χ1n) is 4.45. The number of nitrogens with zero attached hydrogens (tertiary/aromatic N) is 2. The predicted molar refractivity (Wildman–Crippen MR) is 52.8 cm³/mol. The molecule has 2 aromatic rings. The Morgan fingerprint density at radius 3 is 2.69 bits per heavy atom. The van der Waals surface area contributed by atoms with Crippen LogP contribution in [0.2, 0.25) is 0 Å². The largest absolute Gasteiger partial charge is 0.298 e. The van der Waals surface area contributed by atoms with Crippen molar-refractivity contribution in [2.75, 3.05) is 0 Å². The first-order chi connectivity index (χ1) is 7.72. The van der Waals surface area contributed by atoms with E-state index >= 15 is 0 Å². The van der Waals surface area contributed by atoms with Gasteiger partial charge in [-0.1, -0.05) is 0 Å². The van der Waals surface area contributed by atoms with Crippen molar-refractivity contribution in [1.82, 2.24) is 9.97 Å². The minimum absolute atomic E-state index is 0.00380. The molecule has 0 saturated carbocycles. The van der Waals surface area contributed by atoms with Gasteiger partial charge in [-0.25, -0.2) is 9.97 Å². The number of carbonyl (C=O) groups is 1. The molecule has 2 rings (SSSR count). The molecular formula is C11H6F2N2O. The van der Waals surface area contributed by atoms with Gasteiger partial charge in [0.25, 0.3) is 0 Å².